The van der Waals surface area contributed by atoms with Crippen molar-refractivity contribution in [2.45, 2.75) is 13.8 Å². The molecule has 2 aromatic rings. The van der Waals surface area contributed by atoms with E-state index >= 15 is 0 Å². The molecule has 0 spiro atoms. The fourth-order valence-corrected chi connectivity index (χ4v) is 2.27. The highest BCUT2D eigenvalue weighted by atomic mass is 19.1. The minimum absolute atomic E-state index is 0.185. The van der Waals surface area contributed by atoms with E-state index in [4.69, 9.17) is 4.74 Å². The van der Waals surface area contributed by atoms with Gasteiger partial charge in [0.2, 0.25) is 0 Å². The van der Waals surface area contributed by atoms with Crippen molar-refractivity contribution >= 4 is 17.4 Å². The number of halogens is 1. The maximum Gasteiger partial charge on any atom is 0.336 e. The van der Waals surface area contributed by atoms with Crippen molar-refractivity contribution in [3.63, 3.8) is 0 Å². The number of rotatable bonds is 4. The first-order chi connectivity index (χ1) is 11.8. The molecule has 0 aliphatic heterocycles. The average Bonchev–Trinajstić information content (AvgIpc) is 2.56. The van der Waals surface area contributed by atoms with E-state index in [1.165, 1.54) is 23.1 Å². The van der Waals surface area contributed by atoms with Gasteiger partial charge >= 0.3 is 5.97 Å². The van der Waals surface area contributed by atoms with Crippen molar-refractivity contribution < 1.29 is 18.7 Å². The third-order valence-electron chi connectivity index (χ3n) is 3.68. The maximum atomic E-state index is 13.8. The number of nitrogens with zero attached hydrogens (tertiary/aromatic N) is 1. The quantitative estimate of drug-likeness (QED) is 0.482. The molecule has 0 aliphatic carbocycles. The second-order valence-electron chi connectivity index (χ2n) is 5.91. The number of allylic oxidation sites excluding steroid dienone is 1. The van der Waals surface area contributed by atoms with Crippen molar-refractivity contribution in [3.05, 3.63) is 71.0 Å². The van der Waals surface area contributed by atoms with Gasteiger partial charge in [-0.15, -0.1) is 0 Å². The van der Waals surface area contributed by atoms with Crippen LogP contribution >= 0.6 is 0 Å². The number of esters is 1. The molecule has 0 aliphatic rings. The Balaban J connectivity index is 2.23. The Morgan fingerprint density at radius 2 is 1.80 bits per heavy atom. The van der Waals surface area contributed by atoms with Crippen LogP contribution in [0.1, 0.15) is 28.4 Å². The average molecular weight is 341 g/mol. The fourth-order valence-electron chi connectivity index (χ4n) is 2.27. The number of hydrogen-bond acceptors (Lipinski definition) is 3. The Morgan fingerprint density at radius 3 is 2.44 bits per heavy atom. The van der Waals surface area contributed by atoms with E-state index in [1.54, 1.807) is 58.3 Å². The van der Waals surface area contributed by atoms with Crippen molar-refractivity contribution in [2.75, 3.05) is 14.1 Å². The first kappa shape index (κ1) is 18.4. The summed E-state index contributed by atoms with van der Waals surface area (Å²) >= 11 is 0. The smallest absolute Gasteiger partial charge is 0.336 e. The summed E-state index contributed by atoms with van der Waals surface area (Å²) < 4.78 is 19.1. The van der Waals surface area contributed by atoms with E-state index in [2.05, 4.69) is 0 Å². The molecule has 0 fully saturated rings. The lowest BCUT2D eigenvalue weighted by molar-refractivity contribution is -0.128. The lowest BCUT2D eigenvalue weighted by Gasteiger charge is -2.12. The largest absolute Gasteiger partial charge is 0.423 e. The lowest BCUT2D eigenvalue weighted by Crippen LogP contribution is -2.21. The first-order valence-corrected chi connectivity index (χ1v) is 7.77. The molecule has 0 unspecified atom stereocenters. The number of benzene rings is 2. The highest BCUT2D eigenvalue weighted by Crippen LogP contribution is 2.22. The van der Waals surface area contributed by atoms with Gasteiger partial charge in [-0.1, -0.05) is 24.3 Å². The topological polar surface area (TPSA) is 46.6 Å². The van der Waals surface area contributed by atoms with Crippen LogP contribution in [0.25, 0.3) is 5.57 Å². The van der Waals surface area contributed by atoms with Crippen LogP contribution < -0.4 is 4.74 Å². The molecular weight excluding hydrogens is 321 g/mol. The predicted molar refractivity (Wildman–Crippen MR) is 94.9 cm³/mol. The van der Waals surface area contributed by atoms with E-state index in [1.807, 2.05) is 0 Å². The van der Waals surface area contributed by atoms with Gasteiger partial charge in [-0.05, 0) is 43.2 Å². The van der Waals surface area contributed by atoms with Crippen LogP contribution in [0, 0.1) is 12.7 Å². The van der Waals surface area contributed by atoms with Gasteiger partial charge in [0, 0.05) is 31.3 Å². The van der Waals surface area contributed by atoms with Gasteiger partial charge in [0.15, 0.2) is 0 Å². The van der Waals surface area contributed by atoms with E-state index < -0.39 is 11.8 Å². The summed E-state index contributed by atoms with van der Waals surface area (Å²) in [6.07, 6.45) is 1.23. The van der Waals surface area contributed by atoms with Crippen molar-refractivity contribution in [3.8, 4) is 5.75 Å². The minimum Gasteiger partial charge on any atom is -0.423 e. The van der Waals surface area contributed by atoms with Gasteiger partial charge < -0.3 is 9.64 Å². The number of aryl methyl sites for hydroxylation is 1. The molecule has 0 N–H and O–H groups in total. The van der Waals surface area contributed by atoms with Crippen LogP contribution in [0.2, 0.25) is 0 Å². The highest BCUT2D eigenvalue weighted by Gasteiger charge is 2.13. The molecule has 0 aromatic heterocycles. The normalized spacial score (nSPS) is 11.2. The standard InChI is InChI=1S/C20H20FNO3/c1-13-9-10-15(20(24)22(3)4)12-18(13)25-19(23)11-14(2)16-7-5-6-8-17(16)21/h5-12H,1-4H3/b14-11-. The van der Waals surface area contributed by atoms with Crippen molar-refractivity contribution in [1.29, 1.82) is 0 Å². The van der Waals surface area contributed by atoms with Crippen molar-refractivity contribution in [2.24, 2.45) is 0 Å². The van der Waals surface area contributed by atoms with E-state index in [0.29, 0.717) is 22.4 Å². The Morgan fingerprint density at radius 1 is 1.12 bits per heavy atom. The van der Waals surface area contributed by atoms with Crippen LogP contribution in [0.4, 0.5) is 4.39 Å². The zero-order valence-electron chi connectivity index (χ0n) is 14.7. The number of ether oxygens (including phenoxy) is 1. The highest BCUT2D eigenvalue weighted by molar-refractivity contribution is 5.95. The molecule has 0 heterocycles. The first-order valence-electron chi connectivity index (χ1n) is 7.77. The van der Waals surface area contributed by atoms with E-state index in [-0.39, 0.29) is 5.91 Å². The molecule has 25 heavy (non-hydrogen) atoms. The zero-order chi connectivity index (χ0) is 18.6. The van der Waals surface area contributed by atoms with Crippen LogP contribution in [0.15, 0.2) is 48.5 Å². The second kappa shape index (κ2) is 7.75. The monoisotopic (exact) mass is 341 g/mol. The second-order valence-corrected chi connectivity index (χ2v) is 5.91. The molecule has 0 saturated carbocycles. The Labute approximate surface area is 146 Å². The number of carbonyl (C=O) groups is 2. The summed E-state index contributed by atoms with van der Waals surface area (Å²) in [5, 5.41) is 0. The molecule has 1 amide bonds. The van der Waals surface area contributed by atoms with Gasteiger partial charge in [-0.25, -0.2) is 9.18 Å². The molecule has 0 bridgehead atoms. The van der Waals surface area contributed by atoms with Gasteiger partial charge in [0.1, 0.15) is 11.6 Å². The van der Waals surface area contributed by atoms with Crippen LogP contribution in [-0.2, 0) is 4.79 Å². The summed E-state index contributed by atoms with van der Waals surface area (Å²) in [4.78, 5) is 25.6. The Bertz CT molecular complexity index is 841. The molecule has 2 rings (SSSR count). The summed E-state index contributed by atoms with van der Waals surface area (Å²) in [6.45, 7) is 3.42. The Kier molecular flexibility index (Phi) is 5.70. The SMILES string of the molecule is C/C(=C/C(=O)Oc1cc(C(=O)N(C)C)ccc1C)c1ccccc1F. The minimum atomic E-state index is -0.627. The number of hydrogen-bond donors (Lipinski definition) is 0. The molecule has 2 aromatic carbocycles. The van der Waals surface area contributed by atoms with Gasteiger partial charge in [-0.2, -0.15) is 0 Å². The van der Waals surface area contributed by atoms with Gasteiger partial charge in [-0.3, -0.25) is 4.79 Å². The molecule has 130 valence electrons. The number of amides is 1. The number of carbonyl (C=O) groups excluding carboxylic acids is 2. The molecule has 0 radical (unpaired) electrons. The summed E-state index contributed by atoms with van der Waals surface area (Å²) in [6, 6.07) is 11.1. The van der Waals surface area contributed by atoms with E-state index in [9.17, 15) is 14.0 Å². The third kappa shape index (κ3) is 4.53. The van der Waals surface area contributed by atoms with Crippen molar-refractivity contribution in [1.82, 2.24) is 4.90 Å². The van der Waals surface area contributed by atoms with Gasteiger partial charge in [0.05, 0.1) is 0 Å². The van der Waals surface area contributed by atoms with Crippen LogP contribution in [0.5, 0.6) is 5.75 Å². The zero-order valence-corrected chi connectivity index (χ0v) is 14.7. The third-order valence-corrected chi connectivity index (χ3v) is 3.68. The molecular formula is C20H20FNO3. The lowest BCUT2D eigenvalue weighted by atomic mass is 10.1. The predicted octanol–water partition coefficient (Wildman–Crippen LogP) is 3.84. The Hall–Kier alpha value is -2.95. The fraction of sp³-hybridized carbons (Fsp3) is 0.200. The van der Waals surface area contributed by atoms with Crippen LogP contribution in [0.3, 0.4) is 0 Å². The molecule has 4 nitrogen and oxygen atoms in total. The summed E-state index contributed by atoms with van der Waals surface area (Å²) in [5.41, 5.74) is 1.95. The van der Waals surface area contributed by atoms with Crippen LogP contribution in [-0.4, -0.2) is 30.9 Å². The van der Waals surface area contributed by atoms with Gasteiger partial charge in [0.25, 0.3) is 5.91 Å². The molecule has 0 saturated heterocycles. The summed E-state index contributed by atoms with van der Waals surface area (Å²) in [7, 11) is 3.29. The maximum absolute atomic E-state index is 13.8. The van der Waals surface area contributed by atoms with E-state index in [0.717, 1.165) is 5.56 Å². The summed E-state index contributed by atoms with van der Waals surface area (Å²) in [5.74, 6) is -0.914. The molecule has 5 heteroatoms. The molecule has 0 atom stereocenters.